The zero-order valence-corrected chi connectivity index (χ0v) is 10.4. The highest BCUT2D eigenvalue weighted by molar-refractivity contribution is 5.69. The minimum Gasteiger partial charge on any atom is -0.481 e. The van der Waals surface area contributed by atoms with Crippen molar-refractivity contribution >= 4 is 5.97 Å². The fourth-order valence-electron chi connectivity index (χ4n) is 2.09. The summed E-state index contributed by atoms with van der Waals surface area (Å²) in [6, 6.07) is 8.11. The second-order valence-corrected chi connectivity index (χ2v) is 5.20. The van der Waals surface area contributed by atoms with Crippen molar-refractivity contribution in [2.75, 3.05) is 0 Å². The third-order valence-corrected chi connectivity index (χ3v) is 2.91. The molecule has 0 saturated carbocycles. The van der Waals surface area contributed by atoms with E-state index in [0.29, 0.717) is 5.92 Å². The van der Waals surface area contributed by atoms with Crippen molar-refractivity contribution in [3.63, 3.8) is 0 Å². The van der Waals surface area contributed by atoms with Crippen LogP contribution in [0, 0.1) is 0 Å². The van der Waals surface area contributed by atoms with Crippen LogP contribution >= 0.6 is 0 Å². The highest BCUT2D eigenvalue weighted by atomic mass is 16.4. The minimum atomic E-state index is -0.747. The molecule has 0 aliphatic rings. The molecule has 0 aliphatic heterocycles. The summed E-state index contributed by atoms with van der Waals surface area (Å²) in [4.78, 5) is 10.9. The van der Waals surface area contributed by atoms with Crippen LogP contribution in [0.3, 0.4) is 0 Å². The lowest BCUT2D eigenvalue weighted by Crippen LogP contribution is -2.23. The Kier molecular flexibility index (Phi) is 3.74. The summed E-state index contributed by atoms with van der Waals surface area (Å²) in [5.41, 5.74) is 2.08. The Morgan fingerprint density at radius 1 is 1.31 bits per heavy atom. The van der Waals surface area contributed by atoms with Gasteiger partial charge < -0.3 is 5.11 Å². The van der Waals surface area contributed by atoms with Crippen LogP contribution < -0.4 is 0 Å². The van der Waals surface area contributed by atoms with Gasteiger partial charge in [0.1, 0.15) is 0 Å². The van der Waals surface area contributed by atoms with Crippen molar-refractivity contribution in [2.45, 2.75) is 45.4 Å². The van der Waals surface area contributed by atoms with E-state index in [4.69, 9.17) is 5.11 Å². The second-order valence-electron chi connectivity index (χ2n) is 5.20. The van der Waals surface area contributed by atoms with Gasteiger partial charge in [-0.05, 0) is 17.0 Å². The van der Waals surface area contributed by atoms with Gasteiger partial charge in [-0.15, -0.1) is 0 Å². The van der Waals surface area contributed by atoms with Crippen molar-refractivity contribution in [1.82, 2.24) is 0 Å². The average molecular weight is 220 g/mol. The van der Waals surface area contributed by atoms with Crippen LogP contribution in [0.2, 0.25) is 0 Å². The zero-order valence-electron chi connectivity index (χ0n) is 10.4. The van der Waals surface area contributed by atoms with Gasteiger partial charge in [0.15, 0.2) is 0 Å². The Balaban J connectivity index is 3.16. The SMILES string of the molecule is CC(C)c1ccccc1C(C)(C)CC(=O)O. The molecule has 0 amide bonds. The Morgan fingerprint density at radius 3 is 2.38 bits per heavy atom. The first kappa shape index (κ1) is 12.8. The molecule has 1 aromatic rings. The molecule has 0 unspecified atom stereocenters. The van der Waals surface area contributed by atoms with Crippen LogP contribution in [0.5, 0.6) is 0 Å². The van der Waals surface area contributed by atoms with Crippen LogP contribution in [0.4, 0.5) is 0 Å². The van der Waals surface area contributed by atoms with Crippen LogP contribution in [-0.2, 0) is 10.2 Å². The third-order valence-electron chi connectivity index (χ3n) is 2.91. The van der Waals surface area contributed by atoms with Crippen LogP contribution in [-0.4, -0.2) is 11.1 Å². The lowest BCUT2D eigenvalue weighted by atomic mass is 9.77. The van der Waals surface area contributed by atoms with Gasteiger partial charge in [-0.2, -0.15) is 0 Å². The van der Waals surface area contributed by atoms with E-state index >= 15 is 0 Å². The van der Waals surface area contributed by atoms with E-state index in [-0.39, 0.29) is 11.8 Å². The third kappa shape index (κ3) is 2.84. The molecule has 0 radical (unpaired) electrons. The first-order valence-corrected chi connectivity index (χ1v) is 5.66. The fraction of sp³-hybridized carbons (Fsp3) is 0.500. The maximum atomic E-state index is 10.9. The van der Waals surface area contributed by atoms with Gasteiger partial charge in [-0.25, -0.2) is 0 Å². The molecule has 0 spiro atoms. The highest BCUT2D eigenvalue weighted by Crippen LogP contribution is 2.33. The number of hydrogen-bond acceptors (Lipinski definition) is 1. The Hall–Kier alpha value is -1.31. The predicted molar refractivity (Wildman–Crippen MR) is 65.8 cm³/mol. The van der Waals surface area contributed by atoms with E-state index in [1.54, 1.807) is 0 Å². The van der Waals surface area contributed by atoms with Crippen LogP contribution in [0.1, 0.15) is 51.2 Å². The minimum absolute atomic E-state index is 0.163. The van der Waals surface area contributed by atoms with E-state index in [0.717, 1.165) is 5.56 Å². The topological polar surface area (TPSA) is 37.3 Å². The molecule has 0 aliphatic carbocycles. The summed E-state index contributed by atoms with van der Waals surface area (Å²) in [6.45, 7) is 8.25. The van der Waals surface area contributed by atoms with Crippen molar-refractivity contribution in [3.8, 4) is 0 Å². The average Bonchev–Trinajstić information content (AvgIpc) is 2.15. The van der Waals surface area contributed by atoms with Gasteiger partial charge in [0.2, 0.25) is 0 Å². The van der Waals surface area contributed by atoms with E-state index in [2.05, 4.69) is 19.9 Å². The Morgan fingerprint density at radius 2 is 1.88 bits per heavy atom. The molecule has 88 valence electrons. The van der Waals surface area contributed by atoms with Gasteiger partial charge in [0, 0.05) is 5.41 Å². The molecule has 0 bridgehead atoms. The van der Waals surface area contributed by atoms with Gasteiger partial charge in [0.05, 0.1) is 6.42 Å². The molecule has 2 heteroatoms. The van der Waals surface area contributed by atoms with Crippen LogP contribution in [0.25, 0.3) is 0 Å². The maximum absolute atomic E-state index is 10.9. The van der Waals surface area contributed by atoms with E-state index in [1.165, 1.54) is 5.56 Å². The van der Waals surface area contributed by atoms with E-state index in [1.807, 2.05) is 32.0 Å². The summed E-state index contributed by atoms with van der Waals surface area (Å²) in [5, 5.41) is 8.94. The lowest BCUT2D eigenvalue weighted by Gasteiger charge is -2.27. The Bertz CT molecular complexity index is 378. The molecule has 0 aromatic heterocycles. The molecule has 1 rings (SSSR count). The standard InChI is InChI=1S/C14H20O2/c1-10(2)11-7-5-6-8-12(11)14(3,4)9-13(15)16/h5-8,10H,9H2,1-4H3,(H,15,16). The highest BCUT2D eigenvalue weighted by Gasteiger charge is 2.26. The van der Waals surface area contributed by atoms with E-state index in [9.17, 15) is 4.79 Å². The Labute approximate surface area is 97.3 Å². The summed E-state index contributed by atoms with van der Waals surface area (Å²) in [7, 11) is 0. The van der Waals surface area contributed by atoms with Crippen molar-refractivity contribution < 1.29 is 9.90 Å². The summed E-state index contributed by atoms with van der Waals surface area (Å²) < 4.78 is 0. The molecule has 2 nitrogen and oxygen atoms in total. The van der Waals surface area contributed by atoms with Gasteiger partial charge in [-0.3, -0.25) is 4.79 Å². The molecule has 0 heterocycles. The second kappa shape index (κ2) is 4.69. The molecular weight excluding hydrogens is 200 g/mol. The molecule has 0 saturated heterocycles. The molecule has 1 N–H and O–H groups in total. The number of rotatable bonds is 4. The number of hydrogen-bond donors (Lipinski definition) is 1. The van der Waals surface area contributed by atoms with Crippen molar-refractivity contribution in [2.24, 2.45) is 0 Å². The predicted octanol–water partition coefficient (Wildman–Crippen LogP) is 3.56. The van der Waals surface area contributed by atoms with Gasteiger partial charge in [0.25, 0.3) is 0 Å². The van der Waals surface area contributed by atoms with Gasteiger partial charge in [-0.1, -0.05) is 52.0 Å². The summed E-state index contributed by atoms with van der Waals surface area (Å²) in [6.07, 6.45) is 0.163. The summed E-state index contributed by atoms with van der Waals surface area (Å²) >= 11 is 0. The quantitative estimate of drug-likeness (QED) is 0.842. The number of carbonyl (C=O) groups is 1. The fourth-order valence-corrected chi connectivity index (χ4v) is 2.09. The van der Waals surface area contributed by atoms with Gasteiger partial charge >= 0.3 is 5.97 Å². The molecule has 0 atom stereocenters. The van der Waals surface area contributed by atoms with Crippen molar-refractivity contribution in [3.05, 3.63) is 35.4 Å². The number of benzene rings is 1. The zero-order chi connectivity index (χ0) is 12.3. The smallest absolute Gasteiger partial charge is 0.304 e. The van der Waals surface area contributed by atoms with Crippen LogP contribution in [0.15, 0.2) is 24.3 Å². The number of carboxylic acids is 1. The normalized spacial score (nSPS) is 11.8. The molecule has 0 fully saturated rings. The molecule has 1 aromatic carbocycles. The first-order valence-electron chi connectivity index (χ1n) is 5.66. The monoisotopic (exact) mass is 220 g/mol. The maximum Gasteiger partial charge on any atom is 0.304 e. The molecule has 16 heavy (non-hydrogen) atoms. The lowest BCUT2D eigenvalue weighted by molar-refractivity contribution is -0.138. The molecular formula is C14H20O2. The first-order chi connectivity index (χ1) is 7.34. The number of carboxylic acid groups (broad SMARTS) is 1. The van der Waals surface area contributed by atoms with Crippen molar-refractivity contribution in [1.29, 1.82) is 0 Å². The largest absolute Gasteiger partial charge is 0.481 e. The summed E-state index contributed by atoms with van der Waals surface area (Å²) in [5.74, 6) is -0.326. The number of aliphatic carboxylic acids is 1. The van der Waals surface area contributed by atoms with E-state index < -0.39 is 5.97 Å².